The molecular weight excluding hydrogens is 138 g/mol. The maximum atomic E-state index is 3.96. The molecule has 2 N–H and O–H groups in total. The molecule has 0 spiro atoms. The fourth-order valence-corrected chi connectivity index (χ4v) is 1.21. The lowest BCUT2D eigenvalue weighted by molar-refractivity contribution is 0.595. The van der Waals surface area contributed by atoms with E-state index in [2.05, 4.69) is 29.4 Å². The fourth-order valence-electron chi connectivity index (χ4n) is 1.21. The number of hydrogen-bond donors (Lipinski definition) is 2. The normalized spacial score (nSPS) is 13.4. The predicted molar refractivity (Wildman–Crippen MR) is 45.4 cm³/mol. The minimum absolute atomic E-state index is 0.402. The molecule has 1 unspecified atom stereocenters. The van der Waals surface area contributed by atoms with Gasteiger partial charge in [-0.15, -0.1) is 0 Å². The average Bonchev–Trinajstić information content (AvgIpc) is 2.36. The molecule has 0 fully saturated rings. The van der Waals surface area contributed by atoms with Crippen molar-refractivity contribution in [2.75, 3.05) is 6.54 Å². The van der Waals surface area contributed by atoms with Gasteiger partial charge in [-0.3, -0.25) is 5.10 Å². The first kappa shape index (κ1) is 8.27. The number of nitrogens with one attached hydrogen (secondary N) is 2. The number of hydrogen-bond acceptors (Lipinski definition) is 2. The summed E-state index contributed by atoms with van der Waals surface area (Å²) in [6.07, 6.45) is 1.88. The highest BCUT2D eigenvalue weighted by molar-refractivity contribution is 5.18. The monoisotopic (exact) mass is 153 g/mol. The van der Waals surface area contributed by atoms with Gasteiger partial charge in [-0.2, -0.15) is 5.10 Å². The summed E-state index contributed by atoms with van der Waals surface area (Å²) in [4.78, 5) is 0. The van der Waals surface area contributed by atoms with Gasteiger partial charge in [0.15, 0.2) is 0 Å². The van der Waals surface area contributed by atoms with Crippen molar-refractivity contribution in [1.82, 2.24) is 15.5 Å². The van der Waals surface area contributed by atoms with E-state index in [4.69, 9.17) is 0 Å². The Bertz CT molecular complexity index is 217. The quantitative estimate of drug-likeness (QED) is 0.689. The maximum Gasteiger partial charge on any atom is 0.0537 e. The highest BCUT2D eigenvalue weighted by atomic mass is 15.1. The summed E-state index contributed by atoms with van der Waals surface area (Å²) < 4.78 is 0. The number of aromatic amines is 1. The van der Waals surface area contributed by atoms with E-state index in [1.165, 1.54) is 5.56 Å². The molecule has 0 aliphatic heterocycles. The zero-order valence-corrected chi connectivity index (χ0v) is 7.31. The van der Waals surface area contributed by atoms with E-state index in [9.17, 15) is 0 Å². The van der Waals surface area contributed by atoms with E-state index in [-0.39, 0.29) is 0 Å². The van der Waals surface area contributed by atoms with Crippen LogP contribution in [0.1, 0.15) is 31.1 Å². The third-order valence-corrected chi connectivity index (χ3v) is 1.85. The second-order valence-corrected chi connectivity index (χ2v) is 2.73. The Morgan fingerprint density at radius 2 is 2.45 bits per heavy atom. The van der Waals surface area contributed by atoms with Gasteiger partial charge in [0.2, 0.25) is 0 Å². The maximum absolute atomic E-state index is 3.96. The molecule has 0 saturated carbocycles. The summed E-state index contributed by atoms with van der Waals surface area (Å²) >= 11 is 0. The van der Waals surface area contributed by atoms with E-state index in [0.29, 0.717) is 6.04 Å². The average molecular weight is 153 g/mol. The summed E-state index contributed by atoms with van der Waals surface area (Å²) in [5.74, 6) is 0. The highest BCUT2D eigenvalue weighted by Crippen LogP contribution is 2.13. The molecule has 1 aromatic rings. The molecule has 62 valence electrons. The smallest absolute Gasteiger partial charge is 0.0537 e. The largest absolute Gasteiger partial charge is 0.310 e. The van der Waals surface area contributed by atoms with Crippen molar-refractivity contribution in [1.29, 1.82) is 0 Å². The van der Waals surface area contributed by atoms with Crippen LogP contribution in [0.3, 0.4) is 0 Å². The zero-order valence-electron chi connectivity index (χ0n) is 7.31. The molecule has 0 amide bonds. The van der Waals surface area contributed by atoms with Crippen molar-refractivity contribution in [3.8, 4) is 0 Å². The van der Waals surface area contributed by atoms with Crippen molar-refractivity contribution < 1.29 is 0 Å². The Morgan fingerprint density at radius 3 is 2.91 bits per heavy atom. The van der Waals surface area contributed by atoms with Crippen molar-refractivity contribution in [3.05, 3.63) is 17.5 Å². The van der Waals surface area contributed by atoms with Crippen LogP contribution in [-0.2, 0) is 0 Å². The Kier molecular flexibility index (Phi) is 2.65. The summed E-state index contributed by atoms with van der Waals surface area (Å²) in [7, 11) is 0. The fraction of sp³-hybridized carbons (Fsp3) is 0.625. The van der Waals surface area contributed by atoms with Gasteiger partial charge in [0.25, 0.3) is 0 Å². The van der Waals surface area contributed by atoms with Gasteiger partial charge >= 0.3 is 0 Å². The lowest BCUT2D eigenvalue weighted by atomic mass is 10.1. The van der Waals surface area contributed by atoms with Gasteiger partial charge in [-0.05, 0) is 20.4 Å². The van der Waals surface area contributed by atoms with Crippen LogP contribution in [0.25, 0.3) is 0 Å². The number of nitrogens with zero attached hydrogens (tertiary/aromatic N) is 1. The molecule has 3 heteroatoms. The minimum atomic E-state index is 0.402. The molecule has 11 heavy (non-hydrogen) atoms. The molecule has 1 aromatic heterocycles. The first-order chi connectivity index (χ1) is 5.25. The number of aryl methyl sites for hydroxylation is 1. The van der Waals surface area contributed by atoms with Gasteiger partial charge in [0.1, 0.15) is 0 Å². The molecule has 1 rings (SSSR count). The van der Waals surface area contributed by atoms with Crippen LogP contribution in [0, 0.1) is 6.92 Å². The summed E-state index contributed by atoms with van der Waals surface area (Å²) in [5.41, 5.74) is 2.41. The third kappa shape index (κ3) is 1.80. The van der Waals surface area contributed by atoms with E-state index in [0.717, 1.165) is 12.2 Å². The van der Waals surface area contributed by atoms with E-state index < -0.39 is 0 Å². The topological polar surface area (TPSA) is 40.7 Å². The van der Waals surface area contributed by atoms with Gasteiger partial charge in [-0.25, -0.2) is 0 Å². The second kappa shape index (κ2) is 3.53. The molecule has 0 bridgehead atoms. The van der Waals surface area contributed by atoms with Gasteiger partial charge in [0, 0.05) is 17.3 Å². The van der Waals surface area contributed by atoms with Crippen LogP contribution in [0.2, 0.25) is 0 Å². The summed E-state index contributed by atoms with van der Waals surface area (Å²) in [6.45, 7) is 7.27. The molecule has 0 aliphatic carbocycles. The Labute approximate surface area is 67.2 Å². The van der Waals surface area contributed by atoms with Crippen LogP contribution >= 0.6 is 0 Å². The van der Waals surface area contributed by atoms with Crippen molar-refractivity contribution in [3.63, 3.8) is 0 Å². The van der Waals surface area contributed by atoms with Gasteiger partial charge in [0.05, 0.1) is 6.20 Å². The highest BCUT2D eigenvalue weighted by Gasteiger charge is 2.07. The summed E-state index contributed by atoms with van der Waals surface area (Å²) in [6, 6.07) is 0.402. The van der Waals surface area contributed by atoms with E-state index in [1.807, 2.05) is 13.1 Å². The summed E-state index contributed by atoms with van der Waals surface area (Å²) in [5, 5.41) is 10.2. The van der Waals surface area contributed by atoms with Crippen LogP contribution in [0.5, 0.6) is 0 Å². The molecule has 1 heterocycles. The molecule has 0 saturated heterocycles. The lowest BCUT2D eigenvalue weighted by Gasteiger charge is -2.10. The van der Waals surface area contributed by atoms with Crippen LogP contribution in [0.15, 0.2) is 6.20 Å². The molecule has 1 atom stereocenters. The SMILES string of the molecule is CCNC(C)c1cn[nH]c1C. The zero-order chi connectivity index (χ0) is 8.27. The molecule has 3 nitrogen and oxygen atoms in total. The molecule has 0 radical (unpaired) electrons. The van der Waals surface area contributed by atoms with Crippen LogP contribution in [-0.4, -0.2) is 16.7 Å². The first-order valence-corrected chi connectivity index (χ1v) is 3.99. The molecule has 0 aliphatic rings. The first-order valence-electron chi connectivity index (χ1n) is 3.99. The van der Waals surface area contributed by atoms with Crippen molar-refractivity contribution in [2.24, 2.45) is 0 Å². The number of H-pyrrole nitrogens is 1. The van der Waals surface area contributed by atoms with Crippen molar-refractivity contribution in [2.45, 2.75) is 26.8 Å². The van der Waals surface area contributed by atoms with Gasteiger partial charge in [-0.1, -0.05) is 6.92 Å². The Hall–Kier alpha value is -0.830. The van der Waals surface area contributed by atoms with E-state index >= 15 is 0 Å². The van der Waals surface area contributed by atoms with Crippen molar-refractivity contribution >= 4 is 0 Å². The van der Waals surface area contributed by atoms with Crippen LogP contribution < -0.4 is 5.32 Å². The number of rotatable bonds is 3. The Morgan fingerprint density at radius 1 is 1.73 bits per heavy atom. The molecular formula is C8H15N3. The lowest BCUT2D eigenvalue weighted by Crippen LogP contribution is -2.17. The second-order valence-electron chi connectivity index (χ2n) is 2.73. The third-order valence-electron chi connectivity index (χ3n) is 1.85. The minimum Gasteiger partial charge on any atom is -0.310 e. The Balaban J connectivity index is 2.67. The predicted octanol–water partition coefficient (Wildman–Crippen LogP) is 1.39. The van der Waals surface area contributed by atoms with Gasteiger partial charge < -0.3 is 5.32 Å². The number of aromatic nitrogens is 2. The standard InChI is InChI=1S/C8H15N3/c1-4-9-6(2)8-5-10-11-7(8)3/h5-6,9H,4H2,1-3H3,(H,10,11). The van der Waals surface area contributed by atoms with E-state index in [1.54, 1.807) is 0 Å². The van der Waals surface area contributed by atoms with Crippen LogP contribution in [0.4, 0.5) is 0 Å². The molecule has 0 aromatic carbocycles.